The average molecular weight is 356 g/mol. The molecule has 0 saturated heterocycles. The third kappa shape index (κ3) is 24.3. The van der Waals surface area contributed by atoms with Gasteiger partial charge in [-0.05, 0) is 79.6 Å². The first-order valence-corrected chi connectivity index (χ1v) is 9.58. The maximum absolute atomic E-state index is 8.88. The fraction of sp³-hybridized carbons (Fsp3) is 1.00. The Balaban J connectivity index is 0. The van der Waals surface area contributed by atoms with Gasteiger partial charge in [0.25, 0.3) is 0 Å². The van der Waals surface area contributed by atoms with E-state index in [9.17, 15) is 0 Å². The Morgan fingerprint density at radius 2 is 1.09 bits per heavy atom. The molecule has 0 aromatic rings. The summed E-state index contributed by atoms with van der Waals surface area (Å²) in [4.78, 5) is 21.6. The van der Waals surface area contributed by atoms with Gasteiger partial charge in [-0.2, -0.15) is 0 Å². The number of nitrogens with two attached hydrogens (primary N) is 2. The largest absolute Gasteiger partial charge is 0.466 e. The highest BCUT2D eigenvalue weighted by Gasteiger charge is 2.23. The molecule has 0 rings (SSSR count). The third-order valence-electron chi connectivity index (χ3n) is 3.34. The number of phosphoric acid groups is 1. The van der Waals surface area contributed by atoms with Crippen molar-refractivity contribution in [1.29, 1.82) is 0 Å². The molecule has 0 aromatic carbocycles. The molecule has 0 amide bonds. The Kier molecular flexibility index (Phi) is 13.5. The fourth-order valence-corrected chi connectivity index (χ4v) is 1.86. The zero-order valence-electron chi connectivity index (χ0n) is 15.0. The standard InChI is InChI=1S/C14H34N4.H3O4P/c1-13(2,17-11-5-9-15)7-8-14(3,4)18-12-6-10-16;1-5(2,3)4/h17-18H,5-12,15-16H2,1-4H3;(H3,1,2,3,4). The first-order chi connectivity index (χ1) is 10.3. The van der Waals surface area contributed by atoms with Crippen LogP contribution in [0.2, 0.25) is 0 Å². The van der Waals surface area contributed by atoms with E-state index >= 15 is 0 Å². The summed E-state index contributed by atoms with van der Waals surface area (Å²) < 4.78 is 8.88. The van der Waals surface area contributed by atoms with Crippen LogP contribution in [0.3, 0.4) is 0 Å². The molecule has 0 aliphatic rings. The van der Waals surface area contributed by atoms with Crippen molar-refractivity contribution in [3.05, 3.63) is 0 Å². The lowest BCUT2D eigenvalue weighted by Crippen LogP contribution is -2.45. The van der Waals surface area contributed by atoms with Crippen molar-refractivity contribution in [2.24, 2.45) is 11.5 Å². The number of rotatable bonds is 11. The lowest BCUT2D eigenvalue weighted by atomic mass is 9.89. The molecular formula is C14H37N4O4P. The van der Waals surface area contributed by atoms with Crippen LogP contribution in [0.15, 0.2) is 0 Å². The summed E-state index contributed by atoms with van der Waals surface area (Å²) in [5.41, 5.74) is 11.4. The van der Waals surface area contributed by atoms with Crippen molar-refractivity contribution >= 4 is 7.82 Å². The monoisotopic (exact) mass is 356 g/mol. The predicted molar refractivity (Wildman–Crippen MR) is 95.0 cm³/mol. The first-order valence-electron chi connectivity index (χ1n) is 8.01. The summed E-state index contributed by atoms with van der Waals surface area (Å²) in [6.45, 7) is 12.6. The van der Waals surface area contributed by atoms with Crippen molar-refractivity contribution in [3.63, 3.8) is 0 Å². The van der Waals surface area contributed by atoms with Gasteiger partial charge in [-0.25, -0.2) is 4.57 Å². The Morgan fingerprint density at radius 3 is 1.30 bits per heavy atom. The molecule has 0 fully saturated rings. The average Bonchev–Trinajstić information content (AvgIpc) is 2.35. The van der Waals surface area contributed by atoms with Crippen LogP contribution in [-0.4, -0.2) is 51.9 Å². The Labute approximate surface area is 140 Å². The minimum absolute atomic E-state index is 0.183. The van der Waals surface area contributed by atoms with Crippen LogP contribution in [0.5, 0.6) is 0 Å². The zero-order valence-corrected chi connectivity index (χ0v) is 15.9. The number of hydrogen-bond acceptors (Lipinski definition) is 5. The van der Waals surface area contributed by atoms with Crippen LogP contribution < -0.4 is 22.1 Å². The molecule has 0 heterocycles. The van der Waals surface area contributed by atoms with Gasteiger partial charge in [-0.3, -0.25) is 0 Å². The molecule has 142 valence electrons. The zero-order chi connectivity index (χ0) is 18.6. The van der Waals surface area contributed by atoms with Crippen LogP contribution in [0.25, 0.3) is 0 Å². The van der Waals surface area contributed by atoms with E-state index in [1.165, 1.54) is 0 Å². The Bertz CT molecular complexity index is 304. The van der Waals surface area contributed by atoms with Gasteiger partial charge in [0.15, 0.2) is 0 Å². The summed E-state index contributed by atoms with van der Waals surface area (Å²) in [7, 11) is -4.64. The summed E-state index contributed by atoms with van der Waals surface area (Å²) in [6.07, 6.45) is 4.39. The lowest BCUT2D eigenvalue weighted by molar-refractivity contribution is 0.275. The molecule has 0 saturated carbocycles. The van der Waals surface area contributed by atoms with Crippen molar-refractivity contribution in [1.82, 2.24) is 10.6 Å². The van der Waals surface area contributed by atoms with Crippen molar-refractivity contribution in [2.45, 2.75) is 64.5 Å². The lowest BCUT2D eigenvalue weighted by Gasteiger charge is -2.33. The van der Waals surface area contributed by atoms with Gasteiger partial charge in [0, 0.05) is 11.1 Å². The van der Waals surface area contributed by atoms with Gasteiger partial charge >= 0.3 is 7.82 Å². The van der Waals surface area contributed by atoms with E-state index in [2.05, 4.69) is 38.3 Å². The molecule has 0 spiro atoms. The fourth-order valence-electron chi connectivity index (χ4n) is 1.86. The van der Waals surface area contributed by atoms with Crippen LogP contribution >= 0.6 is 7.82 Å². The van der Waals surface area contributed by atoms with E-state index in [1.807, 2.05) is 0 Å². The molecule has 0 aliphatic heterocycles. The predicted octanol–water partition coefficient (Wildman–Crippen LogP) is 0.272. The highest BCUT2D eigenvalue weighted by Crippen LogP contribution is 2.25. The summed E-state index contributed by atoms with van der Waals surface area (Å²) in [6, 6.07) is 0. The Morgan fingerprint density at radius 1 is 0.826 bits per heavy atom. The van der Waals surface area contributed by atoms with Crippen LogP contribution in [-0.2, 0) is 4.57 Å². The molecule has 9 heteroatoms. The molecule has 23 heavy (non-hydrogen) atoms. The van der Waals surface area contributed by atoms with Gasteiger partial charge in [0.1, 0.15) is 0 Å². The van der Waals surface area contributed by atoms with E-state index in [4.69, 9.17) is 30.7 Å². The topological polar surface area (TPSA) is 154 Å². The molecule has 9 N–H and O–H groups in total. The van der Waals surface area contributed by atoms with Gasteiger partial charge in [0.05, 0.1) is 0 Å². The van der Waals surface area contributed by atoms with Crippen LogP contribution in [0.4, 0.5) is 0 Å². The molecule has 0 atom stereocenters. The van der Waals surface area contributed by atoms with E-state index in [-0.39, 0.29) is 11.1 Å². The molecule has 0 radical (unpaired) electrons. The minimum atomic E-state index is -4.64. The maximum Gasteiger partial charge on any atom is 0.466 e. The summed E-state index contributed by atoms with van der Waals surface area (Å²) in [5.74, 6) is 0. The van der Waals surface area contributed by atoms with E-state index in [1.54, 1.807) is 0 Å². The molecule has 8 nitrogen and oxygen atoms in total. The van der Waals surface area contributed by atoms with E-state index in [0.29, 0.717) is 0 Å². The molecule has 0 aromatic heterocycles. The van der Waals surface area contributed by atoms with E-state index in [0.717, 1.165) is 51.9 Å². The summed E-state index contributed by atoms with van der Waals surface area (Å²) >= 11 is 0. The second kappa shape index (κ2) is 12.3. The summed E-state index contributed by atoms with van der Waals surface area (Å²) in [5, 5.41) is 7.14. The van der Waals surface area contributed by atoms with Gasteiger partial charge in [-0.1, -0.05) is 0 Å². The van der Waals surface area contributed by atoms with Gasteiger partial charge < -0.3 is 36.8 Å². The molecule has 0 unspecified atom stereocenters. The normalized spacial score (nSPS) is 12.7. The maximum atomic E-state index is 8.88. The quantitative estimate of drug-likeness (QED) is 0.206. The minimum Gasteiger partial charge on any atom is -0.330 e. The third-order valence-corrected chi connectivity index (χ3v) is 3.34. The van der Waals surface area contributed by atoms with E-state index < -0.39 is 7.82 Å². The second-order valence-electron chi connectivity index (χ2n) is 6.92. The van der Waals surface area contributed by atoms with Crippen LogP contribution in [0.1, 0.15) is 53.4 Å². The number of hydrogen-bond donors (Lipinski definition) is 7. The second-order valence-corrected chi connectivity index (χ2v) is 7.95. The Hall–Kier alpha value is -0.0500. The van der Waals surface area contributed by atoms with Gasteiger partial charge in [0.2, 0.25) is 0 Å². The first kappa shape index (κ1) is 25.2. The molecular weight excluding hydrogens is 319 g/mol. The van der Waals surface area contributed by atoms with Crippen molar-refractivity contribution < 1.29 is 19.2 Å². The SMILES string of the molecule is CC(C)(CCC(C)(C)NCCCN)NCCCN.O=P(O)(O)O. The molecule has 0 aliphatic carbocycles. The van der Waals surface area contributed by atoms with Gasteiger partial charge in [-0.15, -0.1) is 0 Å². The molecule has 0 bridgehead atoms. The highest BCUT2D eigenvalue weighted by molar-refractivity contribution is 7.45. The number of nitrogens with one attached hydrogen (secondary N) is 2. The smallest absolute Gasteiger partial charge is 0.330 e. The highest BCUT2D eigenvalue weighted by atomic mass is 31.2. The van der Waals surface area contributed by atoms with Crippen molar-refractivity contribution in [3.8, 4) is 0 Å². The van der Waals surface area contributed by atoms with Crippen molar-refractivity contribution in [2.75, 3.05) is 26.2 Å². The van der Waals surface area contributed by atoms with Crippen LogP contribution in [0, 0.1) is 0 Å².